The first-order valence-electron chi connectivity index (χ1n) is 8.25. The predicted molar refractivity (Wildman–Crippen MR) is 98.6 cm³/mol. The summed E-state index contributed by atoms with van der Waals surface area (Å²) in [6, 6.07) is 18.9. The molecule has 4 rings (SSSR count). The molecule has 5 nitrogen and oxygen atoms in total. The molecule has 0 bridgehead atoms. The van der Waals surface area contributed by atoms with E-state index in [-0.39, 0.29) is 27.3 Å². The molecule has 0 aliphatic heterocycles. The first-order valence-corrected chi connectivity index (χ1v) is 8.25. The van der Waals surface area contributed by atoms with Crippen LogP contribution in [-0.2, 0) is 6.30 Å². The van der Waals surface area contributed by atoms with Crippen LogP contribution in [0.25, 0.3) is 33.3 Å². The number of rotatable bonds is 3. The molecule has 0 unspecified atom stereocenters. The first-order chi connectivity index (χ1) is 13.3. The molecule has 0 aliphatic rings. The van der Waals surface area contributed by atoms with E-state index >= 15 is 0 Å². The van der Waals surface area contributed by atoms with Gasteiger partial charge in [-0.2, -0.15) is 9.78 Å². The van der Waals surface area contributed by atoms with Crippen molar-refractivity contribution in [2.24, 2.45) is 0 Å². The van der Waals surface area contributed by atoms with Crippen LogP contribution in [0.1, 0.15) is 0 Å². The van der Waals surface area contributed by atoms with E-state index in [2.05, 4.69) is 5.10 Å². The Morgan fingerprint density at radius 2 is 1.64 bits per heavy atom. The minimum Gasteiger partial charge on any atom is -0.258 e. The van der Waals surface area contributed by atoms with Gasteiger partial charge >= 0.3 is 6.30 Å². The average molecular weight is 383 g/mol. The van der Waals surface area contributed by atoms with Gasteiger partial charge < -0.3 is 0 Å². The van der Waals surface area contributed by atoms with E-state index < -0.39 is 11.2 Å². The Balaban J connectivity index is 1.95. The Morgan fingerprint density at radius 1 is 0.929 bits per heavy atom. The van der Waals surface area contributed by atoms with Gasteiger partial charge in [0.2, 0.25) is 0 Å². The molecule has 0 saturated carbocycles. The average Bonchev–Trinajstić information content (AvgIpc) is 3.13. The molecule has 0 spiro atoms. The molecule has 0 radical (unpaired) electrons. The molecule has 1 aromatic heterocycles. The van der Waals surface area contributed by atoms with E-state index in [1.165, 1.54) is 30.3 Å². The fourth-order valence-corrected chi connectivity index (χ4v) is 3.13. The maximum absolute atomic E-state index is 13.7. The summed E-state index contributed by atoms with van der Waals surface area (Å²) in [5.41, 5.74) is 0.263. The van der Waals surface area contributed by atoms with E-state index in [0.717, 1.165) is 5.39 Å². The summed E-state index contributed by atoms with van der Waals surface area (Å²) < 4.78 is 41.0. The zero-order valence-electron chi connectivity index (χ0n) is 14.2. The Bertz CT molecular complexity index is 1190. The van der Waals surface area contributed by atoms with Crippen molar-refractivity contribution >= 4 is 16.5 Å². The summed E-state index contributed by atoms with van der Waals surface area (Å²) in [6.07, 6.45) is -4.74. The molecule has 0 fully saturated rings. The number of nitrogens with zero attached hydrogens (tertiary/aromatic N) is 3. The van der Waals surface area contributed by atoms with Crippen molar-refractivity contribution in [3.8, 4) is 22.5 Å². The largest absolute Gasteiger partial charge is 0.505 e. The smallest absolute Gasteiger partial charge is 0.258 e. The number of benzene rings is 3. The van der Waals surface area contributed by atoms with Crippen LogP contribution in [0.15, 0.2) is 72.8 Å². The second-order valence-corrected chi connectivity index (χ2v) is 6.13. The van der Waals surface area contributed by atoms with Crippen LogP contribution >= 0.6 is 0 Å². The first kappa shape index (κ1) is 17.7. The van der Waals surface area contributed by atoms with Crippen molar-refractivity contribution in [1.29, 1.82) is 0 Å². The van der Waals surface area contributed by atoms with Gasteiger partial charge in [0, 0.05) is 23.3 Å². The van der Waals surface area contributed by atoms with Crippen LogP contribution in [0, 0.1) is 10.1 Å². The summed E-state index contributed by atoms with van der Waals surface area (Å²) >= 11 is 0. The zero-order chi connectivity index (χ0) is 19.9. The van der Waals surface area contributed by atoms with Gasteiger partial charge in [-0.3, -0.25) is 10.1 Å². The van der Waals surface area contributed by atoms with Crippen LogP contribution in [0.5, 0.6) is 0 Å². The number of hydrogen-bond acceptors (Lipinski definition) is 3. The second kappa shape index (κ2) is 6.49. The van der Waals surface area contributed by atoms with Gasteiger partial charge in [0.05, 0.1) is 16.3 Å². The van der Waals surface area contributed by atoms with Gasteiger partial charge in [-0.15, -0.1) is 13.2 Å². The van der Waals surface area contributed by atoms with Crippen LogP contribution in [0.2, 0.25) is 0 Å². The highest BCUT2D eigenvalue weighted by Crippen LogP contribution is 2.36. The number of non-ortho nitro benzene ring substituents is 1. The van der Waals surface area contributed by atoms with Crippen molar-refractivity contribution in [3.05, 3.63) is 82.9 Å². The number of fused-ring (bicyclic) bond motifs is 1. The molecule has 0 N–H and O–H groups in total. The number of nitro groups is 1. The standard InChI is InChI=1S/C20H12F3N3O2/c21-20(22,23)25-19(17-10-4-6-13-5-1-2-9-16(13)17)12-18(24-25)14-7-3-8-15(11-14)26(27)28/h1-12H. The maximum atomic E-state index is 13.7. The molecule has 1 heterocycles. The zero-order valence-corrected chi connectivity index (χ0v) is 14.2. The number of alkyl halides is 3. The highest BCUT2D eigenvalue weighted by Gasteiger charge is 2.35. The number of hydrogen-bond donors (Lipinski definition) is 0. The fourth-order valence-electron chi connectivity index (χ4n) is 3.13. The quantitative estimate of drug-likeness (QED) is 0.334. The molecule has 4 aromatic rings. The number of nitro benzene ring substituents is 1. The Morgan fingerprint density at radius 3 is 2.39 bits per heavy atom. The Hall–Kier alpha value is -3.68. The van der Waals surface area contributed by atoms with Crippen LogP contribution in [0.3, 0.4) is 0 Å². The van der Waals surface area contributed by atoms with E-state index in [1.807, 2.05) is 18.2 Å². The van der Waals surface area contributed by atoms with Crippen LogP contribution in [0.4, 0.5) is 18.9 Å². The van der Waals surface area contributed by atoms with Gasteiger partial charge in [0.25, 0.3) is 5.69 Å². The highest BCUT2D eigenvalue weighted by atomic mass is 19.4. The summed E-state index contributed by atoms with van der Waals surface area (Å²) in [5.74, 6) is 0. The van der Waals surface area contributed by atoms with Crippen LogP contribution < -0.4 is 0 Å². The van der Waals surface area contributed by atoms with Gasteiger partial charge in [0.15, 0.2) is 0 Å². The SMILES string of the molecule is O=[N+]([O-])c1cccc(-c2cc(-c3cccc4ccccc34)n(C(F)(F)F)n2)c1. The van der Waals surface area contributed by atoms with Crippen molar-refractivity contribution in [2.45, 2.75) is 6.30 Å². The van der Waals surface area contributed by atoms with Gasteiger partial charge in [-0.25, -0.2) is 0 Å². The molecule has 8 heteroatoms. The Labute approximate surface area is 156 Å². The summed E-state index contributed by atoms with van der Waals surface area (Å²) in [5, 5.41) is 16.1. The number of aromatic nitrogens is 2. The fraction of sp³-hybridized carbons (Fsp3) is 0.0500. The third kappa shape index (κ3) is 3.09. The molecule has 3 aromatic carbocycles. The minimum absolute atomic E-state index is 0.00292. The lowest BCUT2D eigenvalue weighted by molar-refractivity contribution is -0.384. The lowest BCUT2D eigenvalue weighted by Crippen LogP contribution is -2.19. The molecular formula is C20H12F3N3O2. The summed E-state index contributed by atoms with van der Waals surface area (Å²) in [4.78, 5) is 10.4. The molecule has 0 saturated heterocycles. The summed E-state index contributed by atoms with van der Waals surface area (Å²) in [7, 11) is 0. The van der Waals surface area contributed by atoms with Crippen molar-refractivity contribution in [2.75, 3.05) is 0 Å². The molecule has 0 amide bonds. The van der Waals surface area contributed by atoms with E-state index in [1.54, 1.807) is 24.3 Å². The lowest BCUT2D eigenvalue weighted by atomic mass is 10.0. The van der Waals surface area contributed by atoms with Crippen molar-refractivity contribution in [1.82, 2.24) is 9.78 Å². The van der Waals surface area contributed by atoms with Gasteiger partial charge in [0.1, 0.15) is 0 Å². The van der Waals surface area contributed by atoms with Crippen molar-refractivity contribution in [3.63, 3.8) is 0 Å². The maximum Gasteiger partial charge on any atom is 0.505 e. The highest BCUT2D eigenvalue weighted by molar-refractivity contribution is 5.96. The molecular weight excluding hydrogens is 371 g/mol. The molecule has 140 valence electrons. The third-order valence-corrected chi connectivity index (χ3v) is 4.37. The predicted octanol–water partition coefficient (Wildman–Crippen LogP) is 5.75. The Kier molecular flexibility index (Phi) is 4.11. The van der Waals surface area contributed by atoms with Gasteiger partial charge in [-0.05, 0) is 16.8 Å². The van der Waals surface area contributed by atoms with Gasteiger partial charge in [-0.1, -0.05) is 54.6 Å². The minimum atomic E-state index is -4.74. The molecule has 0 aliphatic carbocycles. The van der Waals surface area contributed by atoms with E-state index in [0.29, 0.717) is 10.9 Å². The van der Waals surface area contributed by atoms with Crippen molar-refractivity contribution < 1.29 is 18.1 Å². The third-order valence-electron chi connectivity index (χ3n) is 4.37. The van der Waals surface area contributed by atoms with E-state index in [9.17, 15) is 23.3 Å². The monoisotopic (exact) mass is 383 g/mol. The van der Waals surface area contributed by atoms with E-state index in [4.69, 9.17) is 0 Å². The molecule has 0 atom stereocenters. The normalized spacial score (nSPS) is 11.7. The topological polar surface area (TPSA) is 61.0 Å². The summed E-state index contributed by atoms with van der Waals surface area (Å²) in [6.45, 7) is 0. The second-order valence-electron chi connectivity index (χ2n) is 6.13. The number of halogens is 3. The molecule has 28 heavy (non-hydrogen) atoms. The van der Waals surface area contributed by atoms with Crippen LogP contribution in [-0.4, -0.2) is 14.7 Å². The lowest BCUT2D eigenvalue weighted by Gasteiger charge is -2.12.